The highest BCUT2D eigenvalue weighted by molar-refractivity contribution is 6.05. The molecular weight excluding hydrogens is 508 g/mol. The summed E-state index contributed by atoms with van der Waals surface area (Å²) in [6.45, 7) is 5.93. The molecule has 8 nitrogen and oxygen atoms in total. The second-order valence-corrected chi connectivity index (χ2v) is 9.70. The maximum Gasteiger partial charge on any atom is 0.164 e. The van der Waals surface area contributed by atoms with Crippen molar-refractivity contribution in [2.24, 2.45) is 0 Å². The van der Waals surface area contributed by atoms with E-state index in [2.05, 4.69) is 16.5 Å². The van der Waals surface area contributed by atoms with Crippen LogP contribution < -0.4 is 0 Å². The van der Waals surface area contributed by atoms with Gasteiger partial charge in [-0.3, -0.25) is 0 Å². The zero-order valence-electron chi connectivity index (χ0n) is 22.5. The fourth-order valence-corrected chi connectivity index (χ4v) is 5.11. The molecule has 198 valence electrons. The smallest absolute Gasteiger partial charge is 0.164 e. The molecule has 0 spiro atoms. The summed E-state index contributed by atoms with van der Waals surface area (Å²) in [6, 6.07) is 24.1. The maximum atomic E-state index is 5.01. The first-order chi connectivity index (χ1) is 20.2. The first kappa shape index (κ1) is 24.5. The minimum Gasteiger partial charge on any atom is -0.324 e. The Bertz CT molecular complexity index is 2150. The number of hydrogen-bond donors (Lipinski definition) is 2. The third-order valence-corrected chi connectivity index (χ3v) is 7.01. The molecule has 1 aliphatic heterocycles. The van der Waals surface area contributed by atoms with Crippen LogP contribution >= 0.6 is 0 Å². The number of aromatic amines is 2. The lowest BCUT2D eigenvalue weighted by Crippen LogP contribution is -1.97. The SMILES string of the molecule is C=CCc1nc(C/C=C\C)nc2[nH]c(nc3nc(nc4[nH]c(n1)c1ccccc41)-c1ccccc1-3)c1ccccc21. The van der Waals surface area contributed by atoms with Gasteiger partial charge in [0.15, 0.2) is 11.6 Å². The van der Waals surface area contributed by atoms with Crippen LogP contribution in [0.5, 0.6) is 0 Å². The van der Waals surface area contributed by atoms with Crippen molar-refractivity contribution in [1.29, 1.82) is 0 Å². The third kappa shape index (κ3) is 4.45. The van der Waals surface area contributed by atoms with E-state index < -0.39 is 0 Å². The zero-order valence-corrected chi connectivity index (χ0v) is 22.5. The van der Waals surface area contributed by atoms with Crippen LogP contribution in [-0.2, 0) is 12.8 Å². The summed E-state index contributed by atoms with van der Waals surface area (Å²) in [5.74, 6) is 2.39. The number of benzene rings is 3. The summed E-state index contributed by atoms with van der Waals surface area (Å²) in [5.41, 5.74) is 4.55. The van der Waals surface area contributed by atoms with Crippen molar-refractivity contribution < 1.29 is 0 Å². The number of fused-ring (bicyclic) bond motifs is 15. The molecule has 7 rings (SSSR count). The van der Waals surface area contributed by atoms with Crippen LogP contribution in [0.15, 0.2) is 97.6 Å². The highest BCUT2D eigenvalue weighted by Gasteiger charge is 2.19. The highest BCUT2D eigenvalue weighted by Crippen LogP contribution is 2.34. The van der Waals surface area contributed by atoms with Gasteiger partial charge in [-0.1, -0.05) is 91.0 Å². The van der Waals surface area contributed by atoms with Gasteiger partial charge in [0, 0.05) is 45.5 Å². The Morgan fingerprint density at radius 2 is 1.00 bits per heavy atom. The van der Waals surface area contributed by atoms with Gasteiger partial charge in [-0.2, -0.15) is 0 Å². The van der Waals surface area contributed by atoms with Crippen LogP contribution in [0.4, 0.5) is 0 Å². The van der Waals surface area contributed by atoms with Gasteiger partial charge in [-0.15, -0.1) is 6.58 Å². The molecule has 6 aromatic rings. The quantitative estimate of drug-likeness (QED) is 0.234. The molecule has 0 fully saturated rings. The molecule has 0 amide bonds. The van der Waals surface area contributed by atoms with Gasteiger partial charge < -0.3 is 9.97 Å². The van der Waals surface area contributed by atoms with Crippen molar-refractivity contribution in [2.75, 3.05) is 0 Å². The fraction of sp³-hybridized carbons (Fsp3) is 0.0909. The van der Waals surface area contributed by atoms with Crippen molar-refractivity contribution >= 4 is 44.1 Å². The second-order valence-electron chi connectivity index (χ2n) is 9.70. The molecule has 0 saturated carbocycles. The summed E-state index contributed by atoms with van der Waals surface area (Å²) in [7, 11) is 0. The first-order valence-electron chi connectivity index (χ1n) is 13.5. The number of rotatable bonds is 4. The predicted molar refractivity (Wildman–Crippen MR) is 164 cm³/mol. The molecule has 0 atom stereocenters. The topological polar surface area (TPSA) is 109 Å². The Kier molecular flexibility index (Phi) is 6.13. The molecule has 0 radical (unpaired) electrons. The number of hydrogen-bond acceptors (Lipinski definition) is 6. The molecule has 1 aliphatic rings. The van der Waals surface area contributed by atoms with Crippen LogP contribution in [0.3, 0.4) is 0 Å². The summed E-state index contributed by atoms with van der Waals surface area (Å²) >= 11 is 0. The molecule has 3 aromatic heterocycles. The average molecular weight is 535 g/mol. The predicted octanol–water partition coefficient (Wildman–Crippen LogP) is 7.07. The monoisotopic (exact) mass is 534 g/mol. The first-order valence-corrected chi connectivity index (χ1v) is 13.5. The van der Waals surface area contributed by atoms with Crippen LogP contribution in [0.25, 0.3) is 66.9 Å². The highest BCUT2D eigenvalue weighted by atomic mass is 15.0. The molecule has 4 heterocycles. The average Bonchev–Trinajstić information content (AvgIpc) is 3.64. The van der Waals surface area contributed by atoms with Crippen molar-refractivity contribution in [3.8, 4) is 22.8 Å². The number of H-pyrrole nitrogens is 2. The normalized spacial score (nSPS) is 11.7. The lowest BCUT2D eigenvalue weighted by Gasteiger charge is -1.96. The Morgan fingerprint density at radius 3 is 1.46 bits per heavy atom. The van der Waals surface area contributed by atoms with E-state index in [9.17, 15) is 0 Å². The summed E-state index contributed by atoms with van der Waals surface area (Å²) in [4.78, 5) is 36.7. The van der Waals surface area contributed by atoms with Crippen molar-refractivity contribution in [2.45, 2.75) is 19.8 Å². The molecule has 3 aromatic carbocycles. The Labute approximate surface area is 235 Å². The van der Waals surface area contributed by atoms with Gasteiger partial charge in [0.25, 0.3) is 0 Å². The minimum atomic E-state index is 0.471. The largest absolute Gasteiger partial charge is 0.324 e. The Balaban J connectivity index is 1.69. The van der Waals surface area contributed by atoms with Crippen LogP contribution in [-0.4, -0.2) is 39.9 Å². The number of allylic oxidation sites excluding steroid dienone is 3. The minimum absolute atomic E-state index is 0.471. The maximum absolute atomic E-state index is 5.01. The van der Waals surface area contributed by atoms with Crippen molar-refractivity contribution in [3.05, 3.63) is 109 Å². The molecule has 0 unspecified atom stereocenters. The van der Waals surface area contributed by atoms with E-state index >= 15 is 0 Å². The summed E-state index contributed by atoms with van der Waals surface area (Å²) in [5, 5.41) is 3.79. The standard InChI is InChI=1S/C33H26N8/c1-3-5-19-27-34-26(12-4-2)35-28-20-13-6-8-15-22(20)30(37-28)39-32-24-17-10-11-18-25(24)33(41-32)40-31-23-16-9-7-14-21(23)29(36-27)38-31/h3-11,13-18H,2,12,19H2,1H3,(H2,34,35,36,37,38,39,40,41)/b5-3-. The summed E-state index contributed by atoms with van der Waals surface area (Å²) < 4.78 is 0. The number of aromatic nitrogens is 8. The van der Waals surface area contributed by atoms with Crippen molar-refractivity contribution in [1.82, 2.24) is 39.9 Å². The molecule has 0 aliphatic carbocycles. The van der Waals surface area contributed by atoms with Gasteiger partial charge in [-0.25, -0.2) is 29.9 Å². The van der Waals surface area contributed by atoms with Crippen LogP contribution in [0.1, 0.15) is 18.6 Å². The van der Waals surface area contributed by atoms with Gasteiger partial charge in [0.2, 0.25) is 0 Å². The molecular formula is C33H26N8. The zero-order chi connectivity index (χ0) is 27.8. The van der Waals surface area contributed by atoms with Crippen LogP contribution in [0.2, 0.25) is 0 Å². The molecule has 0 saturated heterocycles. The van der Waals surface area contributed by atoms with E-state index in [0.29, 0.717) is 58.7 Å². The molecule has 6 bridgehead atoms. The molecule has 8 heteroatoms. The lowest BCUT2D eigenvalue weighted by atomic mass is 10.1. The molecule has 2 N–H and O–H groups in total. The van der Waals surface area contributed by atoms with Crippen LogP contribution in [0, 0.1) is 0 Å². The fourth-order valence-electron chi connectivity index (χ4n) is 5.11. The second kappa shape index (κ2) is 10.2. The van der Waals surface area contributed by atoms with Gasteiger partial charge >= 0.3 is 0 Å². The van der Waals surface area contributed by atoms with Gasteiger partial charge in [0.1, 0.15) is 34.2 Å². The van der Waals surface area contributed by atoms with E-state index in [0.717, 1.165) is 32.7 Å². The lowest BCUT2D eigenvalue weighted by molar-refractivity contribution is 0.928. The third-order valence-electron chi connectivity index (χ3n) is 7.01. The Morgan fingerprint density at radius 1 is 0.561 bits per heavy atom. The molecule has 41 heavy (non-hydrogen) atoms. The van der Waals surface area contributed by atoms with E-state index in [1.54, 1.807) is 6.08 Å². The van der Waals surface area contributed by atoms with Gasteiger partial charge in [-0.05, 0) is 6.92 Å². The van der Waals surface area contributed by atoms with E-state index in [1.807, 2.05) is 91.9 Å². The van der Waals surface area contributed by atoms with E-state index in [-0.39, 0.29) is 0 Å². The summed E-state index contributed by atoms with van der Waals surface area (Å²) in [6.07, 6.45) is 6.83. The van der Waals surface area contributed by atoms with E-state index in [1.165, 1.54) is 0 Å². The number of nitrogens with one attached hydrogen (secondary N) is 2. The Hall–Kier alpha value is -5.50. The number of nitrogens with zero attached hydrogens (tertiary/aromatic N) is 6. The van der Waals surface area contributed by atoms with E-state index in [4.69, 9.17) is 29.9 Å². The van der Waals surface area contributed by atoms with Crippen molar-refractivity contribution in [3.63, 3.8) is 0 Å². The van der Waals surface area contributed by atoms with Gasteiger partial charge in [0.05, 0.1) is 0 Å².